The van der Waals surface area contributed by atoms with Crippen molar-refractivity contribution in [1.82, 2.24) is 20.5 Å². The van der Waals surface area contributed by atoms with Gasteiger partial charge < -0.3 is 10.6 Å². The number of aromatic nitrogens is 1. The van der Waals surface area contributed by atoms with Crippen molar-refractivity contribution in [3.8, 4) is 0 Å². The van der Waals surface area contributed by atoms with Gasteiger partial charge in [0.1, 0.15) is 6.04 Å². The summed E-state index contributed by atoms with van der Waals surface area (Å²) in [5.41, 5.74) is 1.21. The highest BCUT2D eigenvalue weighted by Gasteiger charge is 2.21. The van der Waals surface area contributed by atoms with Crippen molar-refractivity contribution in [3.05, 3.63) is 30.1 Å². The van der Waals surface area contributed by atoms with Crippen LogP contribution < -0.4 is 10.6 Å². The Balaban J connectivity index is 1.91. The van der Waals surface area contributed by atoms with Crippen LogP contribution >= 0.6 is 0 Å². The van der Waals surface area contributed by atoms with Crippen molar-refractivity contribution < 1.29 is 9.59 Å². The smallest absolute Gasteiger partial charge is 0.242 e. The Morgan fingerprint density at radius 1 is 1.28 bits per heavy atom. The van der Waals surface area contributed by atoms with E-state index in [0.717, 1.165) is 38.8 Å². The third kappa shape index (κ3) is 7.22. The second kappa shape index (κ2) is 10.8. The number of carbonyl (C=O) groups is 2. The van der Waals surface area contributed by atoms with E-state index < -0.39 is 6.04 Å². The molecule has 2 rings (SSSR count). The summed E-state index contributed by atoms with van der Waals surface area (Å²) in [7, 11) is 0. The Labute approximate surface area is 150 Å². The van der Waals surface area contributed by atoms with Crippen molar-refractivity contribution in [2.45, 2.75) is 58.0 Å². The Hall–Kier alpha value is -1.95. The average molecular weight is 346 g/mol. The molecule has 1 fully saturated rings. The molecule has 0 bridgehead atoms. The standard InChI is InChI=1S/C19H30N4O2/c1-2-10-21-19(25)17-6-4-3-5-13-23(14-9-18(24)22-17)15-16-7-11-20-12-8-16/h7-8,11-12,17H,2-6,9-10,13-15H2,1H3,(H,21,25)(H,22,24). The minimum absolute atomic E-state index is 0.0433. The van der Waals surface area contributed by atoms with E-state index in [1.165, 1.54) is 5.56 Å². The summed E-state index contributed by atoms with van der Waals surface area (Å²) in [4.78, 5) is 30.8. The van der Waals surface area contributed by atoms with Gasteiger partial charge in [0.2, 0.25) is 11.8 Å². The van der Waals surface area contributed by atoms with Crippen LogP contribution in [0.3, 0.4) is 0 Å². The third-order valence-corrected chi connectivity index (χ3v) is 4.48. The summed E-state index contributed by atoms with van der Waals surface area (Å²) in [6.07, 6.45) is 8.74. The molecule has 2 amide bonds. The van der Waals surface area contributed by atoms with Crippen molar-refractivity contribution in [2.24, 2.45) is 0 Å². The van der Waals surface area contributed by atoms with Crippen LogP contribution in [0.5, 0.6) is 0 Å². The van der Waals surface area contributed by atoms with Gasteiger partial charge in [0.05, 0.1) is 0 Å². The van der Waals surface area contributed by atoms with E-state index in [1.807, 2.05) is 19.1 Å². The lowest BCUT2D eigenvalue weighted by atomic mass is 10.1. The molecule has 0 radical (unpaired) electrons. The fourth-order valence-electron chi connectivity index (χ4n) is 3.04. The van der Waals surface area contributed by atoms with Gasteiger partial charge in [-0.25, -0.2) is 0 Å². The average Bonchev–Trinajstić information content (AvgIpc) is 2.66. The van der Waals surface area contributed by atoms with Gasteiger partial charge in [-0.2, -0.15) is 0 Å². The lowest BCUT2D eigenvalue weighted by molar-refractivity contribution is -0.129. The SMILES string of the molecule is CCCNC(=O)C1CCCCCN(Cc2ccncc2)CCC(=O)N1. The summed E-state index contributed by atoms with van der Waals surface area (Å²) in [5, 5.41) is 5.81. The first-order valence-electron chi connectivity index (χ1n) is 9.37. The molecule has 1 aliphatic heterocycles. The number of amides is 2. The number of nitrogens with one attached hydrogen (secondary N) is 2. The van der Waals surface area contributed by atoms with Crippen molar-refractivity contribution in [3.63, 3.8) is 0 Å². The molecule has 1 atom stereocenters. The molecular weight excluding hydrogens is 316 g/mol. The Morgan fingerprint density at radius 3 is 2.84 bits per heavy atom. The summed E-state index contributed by atoms with van der Waals surface area (Å²) in [6.45, 7) is 5.19. The van der Waals surface area contributed by atoms with Crippen LogP contribution in [0.1, 0.15) is 51.0 Å². The zero-order chi connectivity index (χ0) is 17.9. The van der Waals surface area contributed by atoms with Gasteiger partial charge >= 0.3 is 0 Å². The molecule has 0 aliphatic carbocycles. The van der Waals surface area contributed by atoms with Gasteiger partial charge in [0, 0.05) is 38.4 Å². The highest BCUT2D eigenvalue weighted by Crippen LogP contribution is 2.11. The van der Waals surface area contributed by atoms with Crippen LogP contribution in [0.2, 0.25) is 0 Å². The maximum atomic E-state index is 12.3. The van der Waals surface area contributed by atoms with Gasteiger partial charge in [-0.15, -0.1) is 0 Å². The van der Waals surface area contributed by atoms with Crippen LogP contribution in [0.4, 0.5) is 0 Å². The molecule has 0 spiro atoms. The van der Waals surface area contributed by atoms with E-state index in [1.54, 1.807) is 12.4 Å². The van der Waals surface area contributed by atoms with Crippen LogP contribution in [0, 0.1) is 0 Å². The molecule has 2 N–H and O–H groups in total. The molecule has 0 aromatic carbocycles. The van der Waals surface area contributed by atoms with E-state index in [4.69, 9.17) is 0 Å². The zero-order valence-electron chi connectivity index (χ0n) is 15.2. The second-order valence-electron chi connectivity index (χ2n) is 6.64. The Bertz CT molecular complexity index is 535. The van der Waals surface area contributed by atoms with E-state index in [0.29, 0.717) is 25.9 Å². The summed E-state index contributed by atoms with van der Waals surface area (Å²) in [6, 6.07) is 3.63. The number of rotatable bonds is 5. The van der Waals surface area contributed by atoms with E-state index in [9.17, 15) is 9.59 Å². The maximum absolute atomic E-state index is 12.3. The molecule has 2 heterocycles. The second-order valence-corrected chi connectivity index (χ2v) is 6.64. The molecular formula is C19H30N4O2. The number of hydrogen-bond acceptors (Lipinski definition) is 4. The molecule has 1 aromatic heterocycles. The first-order chi connectivity index (χ1) is 12.2. The Kier molecular flexibility index (Phi) is 8.39. The van der Waals surface area contributed by atoms with E-state index in [2.05, 4.69) is 20.5 Å². The first kappa shape index (κ1) is 19.4. The molecule has 1 unspecified atom stereocenters. The molecule has 138 valence electrons. The zero-order valence-corrected chi connectivity index (χ0v) is 15.2. The summed E-state index contributed by atoms with van der Waals surface area (Å²) < 4.78 is 0. The van der Waals surface area contributed by atoms with Crippen molar-refractivity contribution in [2.75, 3.05) is 19.6 Å². The van der Waals surface area contributed by atoms with Gasteiger partial charge in [-0.05, 0) is 43.5 Å². The van der Waals surface area contributed by atoms with E-state index in [-0.39, 0.29) is 11.8 Å². The number of hydrogen-bond donors (Lipinski definition) is 2. The molecule has 0 saturated carbocycles. The predicted molar refractivity (Wildman–Crippen MR) is 97.8 cm³/mol. The van der Waals surface area contributed by atoms with Gasteiger partial charge in [0.25, 0.3) is 0 Å². The number of pyridine rings is 1. The van der Waals surface area contributed by atoms with Crippen LogP contribution in [0.25, 0.3) is 0 Å². The molecule has 25 heavy (non-hydrogen) atoms. The summed E-state index contributed by atoms with van der Waals surface area (Å²) in [5.74, 6) is -0.0960. The maximum Gasteiger partial charge on any atom is 0.242 e. The highest BCUT2D eigenvalue weighted by molar-refractivity contribution is 5.87. The monoisotopic (exact) mass is 346 g/mol. The molecule has 6 nitrogen and oxygen atoms in total. The lowest BCUT2D eigenvalue weighted by Crippen LogP contribution is -2.47. The molecule has 1 aliphatic rings. The van der Waals surface area contributed by atoms with Crippen LogP contribution in [0.15, 0.2) is 24.5 Å². The Morgan fingerprint density at radius 2 is 2.08 bits per heavy atom. The van der Waals surface area contributed by atoms with Crippen molar-refractivity contribution in [1.29, 1.82) is 0 Å². The predicted octanol–water partition coefficient (Wildman–Crippen LogP) is 1.86. The minimum Gasteiger partial charge on any atom is -0.354 e. The molecule has 6 heteroatoms. The van der Waals surface area contributed by atoms with E-state index >= 15 is 0 Å². The fraction of sp³-hybridized carbons (Fsp3) is 0.632. The van der Waals surface area contributed by atoms with Crippen LogP contribution in [-0.2, 0) is 16.1 Å². The van der Waals surface area contributed by atoms with Crippen molar-refractivity contribution >= 4 is 11.8 Å². The first-order valence-corrected chi connectivity index (χ1v) is 9.37. The molecule has 1 saturated heterocycles. The van der Waals surface area contributed by atoms with Gasteiger partial charge in [-0.3, -0.25) is 19.5 Å². The summed E-state index contributed by atoms with van der Waals surface area (Å²) >= 11 is 0. The molecule has 1 aromatic rings. The highest BCUT2D eigenvalue weighted by atomic mass is 16.2. The fourth-order valence-corrected chi connectivity index (χ4v) is 3.04. The third-order valence-electron chi connectivity index (χ3n) is 4.48. The van der Waals surface area contributed by atoms with Crippen LogP contribution in [-0.4, -0.2) is 47.4 Å². The van der Waals surface area contributed by atoms with Gasteiger partial charge in [-0.1, -0.05) is 19.8 Å². The largest absolute Gasteiger partial charge is 0.354 e. The topological polar surface area (TPSA) is 74.3 Å². The number of carbonyl (C=O) groups excluding carboxylic acids is 2. The quantitative estimate of drug-likeness (QED) is 0.853. The minimum atomic E-state index is -0.397. The lowest BCUT2D eigenvalue weighted by Gasteiger charge is -2.22. The number of nitrogens with zero attached hydrogens (tertiary/aromatic N) is 2. The van der Waals surface area contributed by atoms with Gasteiger partial charge in [0.15, 0.2) is 0 Å². The normalized spacial score (nSPS) is 20.4.